The van der Waals surface area contributed by atoms with Crippen molar-refractivity contribution in [3.63, 3.8) is 0 Å². The number of aromatic nitrogens is 3. The van der Waals surface area contributed by atoms with Gasteiger partial charge in [0, 0.05) is 11.8 Å². The van der Waals surface area contributed by atoms with Gasteiger partial charge in [-0.1, -0.05) is 0 Å². The average molecular weight is 266 g/mol. The number of halogens is 3. The molecule has 1 aromatic heterocycles. The Balaban J connectivity index is 2.21. The quantitative estimate of drug-likeness (QED) is 0.735. The molecule has 0 spiro atoms. The zero-order chi connectivity index (χ0) is 13.6. The van der Waals surface area contributed by atoms with E-state index < -0.39 is 11.7 Å². The van der Waals surface area contributed by atoms with Crippen molar-refractivity contribution >= 4 is 6.21 Å². The molecule has 4 nitrogen and oxygen atoms in total. The number of fused-ring (bicyclic) bond motifs is 3. The highest BCUT2D eigenvalue weighted by atomic mass is 19.4. The molecule has 1 unspecified atom stereocenters. The van der Waals surface area contributed by atoms with E-state index >= 15 is 0 Å². The summed E-state index contributed by atoms with van der Waals surface area (Å²) in [5, 5.41) is 4.04. The van der Waals surface area contributed by atoms with Crippen LogP contribution in [0.15, 0.2) is 29.5 Å². The van der Waals surface area contributed by atoms with Gasteiger partial charge in [0.05, 0.1) is 11.3 Å². The zero-order valence-corrected chi connectivity index (χ0v) is 9.89. The summed E-state index contributed by atoms with van der Waals surface area (Å²) in [5.41, 5.74) is 0.230. The molecular weight excluding hydrogens is 257 g/mol. The molecule has 7 heteroatoms. The van der Waals surface area contributed by atoms with Crippen LogP contribution >= 0.6 is 0 Å². The van der Waals surface area contributed by atoms with Crippen LogP contribution in [0.4, 0.5) is 13.2 Å². The first-order valence-electron chi connectivity index (χ1n) is 5.61. The van der Waals surface area contributed by atoms with E-state index in [1.165, 1.54) is 23.3 Å². The van der Waals surface area contributed by atoms with Gasteiger partial charge < -0.3 is 0 Å². The fourth-order valence-electron chi connectivity index (χ4n) is 2.01. The van der Waals surface area contributed by atoms with Crippen molar-refractivity contribution in [2.24, 2.45) is 4.99 Å². The molecule has 0 saturated heterocycles. The van der Waals surface area contributed by atoms with Gasteiger partial charge in [-0.15, -0.1) is 0 Å². The fourth-order valence-corrected chi connectivity index (χ4v) is 2.01. The standard InChI is InChI=1S/C12H9F3N4/c1-7-11-17-6-18-19(11)10-3-2-9(12(13,14)15)4-8(10)5-16-7/h2-7H,1H3. The van der Waals surface area contributed by atoms with Gasteiger partial charge in [-0.05, 0) is 25.1 Å². The van der Waals surface area contributed by atoms with Crippen LogP contribution in [-0.4, -0.2) is 21.0 Å². The number of hydrogen-bond donors (Lipinski definition) is 0. The van der Waals surface area contributed by atoms with E-state index in [9.17, 15) is 13.2 Å². The second-order valence-electron chi connectivity index (χ2n) is 4.26. The van der Waals surface area contributed by atoms with Crippen LogP contribution in [0.5, 0.6) is 0 Å². The summed E-state index contributed by atoms with van der Waals surface area (Å²) in [4.78, 5) is 8.27. The second kappa shape index (κ2) is 3.91. The Morgan fingerprint density at radius 2 is 2.05 bits per heavy atom. The average Bonchev–Trinajstić information content (AvgIpc) is 2.79. The molecule has 1 atom stereocenters. The van der Waals surface area contributed by atoms with Crippen LogP contribution in [-0.2, 0) is 6.18 Å². The van der Waals surface area contributed by atoms with E-state index in [1.807, 2.05) is 6.92 Å². The van der Waals surface area contributed by atoms with Gasteiger partial charge in [0.15, 0.2) is 5.82 Å². The lowest BCUT2D eigenvalue weighted by Gasteiger charge is -2.11. The minimum atomic E-state index is -4.37. The van der Waals surface area contributed by atoms with E-state index in [0.717, 1.165) is 12.1 Å². The molecule has 2 aromatic rings. The van der Waals surface area contributed by atoms with Crippen LogP contribution in [0, 0.1) is 0 Å². The molecule has 0 saturated carbocycles. The normalized spacial score (nSPS) is 17.8. The van der Waals surface area contributed by atoms with E-state index in [1.54, 1.807) is 0 Å². The van der Waals surface area contributed by atoms with Crippen molar-refractivity contribution in [1.29, 1.82) is 0 Å². The summed E-state index contributed by atoms with van der Waals surface area (Å²) in [5.74, 6) is 0.606. The van der Waals surface area contributed by atoms with Crippen LogP contribution in [0.2, 0.25) is 0 Å². The van der Waals surface area contributed by atoms with Gasteiger partial charge in [0.2, 0.25) is 0 Å². The number of aliphatic imine (C=N–C) groups is 1. The van der Waals surface area contributed by atoms with Gasteiger partial charge in [0.1, 0.15) is 12.4 Å². The van der Waals surface area contributed by atoms with Crippen molar-refractivity contribution in [1.82, 2.24) is 14.8 Å². The van der Waals surface area contributed by atoms with Gasteiger partial charge in [-0.2, -0.15) is 18.3 Å². The number of nitrogens with zero attached hydrogens (tertiary/aromatic N) is 4. The van der Waals surface area contributed by atoms with Crippen molar-refractivity contribution in [2.45, 2.75) is 19.1 Å². The maximum Gasteiger partial charge on any atom is 0.416 e. The Morgan fingerprint density at radius 3 is 2.79 bits per heavy atom. The molecule has 0 aliphatic carbocycles. The lowest BCUT2D eigenvalue weighted by molar-refractivity contribution is -0.137. The van der Waals surface area contributed by atoms with Crippen molar-refractivity contribution < 1.29 is 13.2 Å². The molecule has 0 amide bonds. The molecular formula is C12H9F3N4. The molecule has 1 aliphatic heterocycles. The summed E-state index contributed by atoms with van der Waals surface area (Å²) in [7, 11) is 0. The highest BCUT2D eigenvalue weighted by molar-refractivity contribution is 5.86. The summed E-state index contributed by atoms with van der Waals surface area (Å²) in [6.45, 7) is 1.81. The molecule has 0 radical (unpaired) electrons. The van der Waals surface area contributed by atoms with Gasteiger partial charge in [0.25, 0.3) is 0 Å². The van der Waals surface area contributed by atoms with Crippen LogP contribution in [0.3, 0.4) is 0 Å². The monoisotopic (exact) mass is 266 g/mol. The molecule has 2 heterocycles. The first-order valence-corrected chi connectivity index (χ1v) is 5.61. The maximum atomic E-state index is 12.7. The molecule has 1 aromatic carbocycles. The highest BCUT2D eigenvalue weighted by Crippen LogP contribution is 2.32. The topological polar surface area (TPSA) is 43.1 Å². The van der Waals surface area contributed by atoms with E-state index in [4.69, 9.17) is 0 Å². The minimum absolute atomic E-state index is 0.246. The van der Waals surface area contributed by atoms with E-state index in [2.05, 4.69) is 15.1 Å². The Hall–Kier alpha value is -2.18. The number of hydrogen-bond acceptors (Lipinski definition) is 3. The summed E-state index contributed by atoms with van der Waals surface area (Å²) in [6, 6.07) is 3.25. The van der Waals surface area contributed by atoms with E-state index in [0.29, 0.717) is 17.1 Å². The zero-order valence-electron chi connectivity index (χ0n) is 9.89. The van der Waals surface area contributed by atoms with Crippen LogP contribution < -0.4 is 0 Å². The van der Waals surface area contributed by atoms with Crippen molar-refractivity contribution in [3.8, 4) is 5.69 Å². The molecule has 0 fully saturated rings. The van der Waals surface area contributed by atoms with Gasteiger partial charge >= 0.3 is 6.18 Å². The van der Waals surface area contributed by atoms with Gasteiger partial charge in [-0.3, -0.25) is 4.99 Å². The highest BCUT2D eigenvalue weighted by Gasteiger charge is 2.31. The SMILES string of the molecule is CC1N=Cc2cc(C(F)(F)F)ccc2-n2ncnc21. The fraction of sp³-hybridized carbons (Fsp3) is 0.250. The largest absolute Gasteiger partial charge is 0.416 e. The third kappa shape index (κ3) is 1.91. The third-order valence-electron chi connectivity index (χ3n) is 2.97. The maximum absolute atomic E-state index is 12.7. The number of alkyl halides is 3. The molecule has 1 aliphatic rings. The number of rotatable bonds is 0. The van der Waals surface area contributed by atoms with Gasteiger partial charge in [-0.25, -0.2) is 9.67 Å². The molecule has 0 bridgehead atoms. The summed E-state index contributed by atoms with van der Waals surface area (Å²) in [6.07, 6.45) is -1.56. The first-order chi connectivity index (χ1) is 8.97. The molecule has 19 heavy (non-hydrogen) atoms. The Kier molecular flexibility index (Phi) is 2.44. The third-order valence-corrected chi connectivity index (χ3v) is 2.97. The lowest BCUT2D eigenvalue weighted by Crippen LogP contribution is -2.09. The van der Waals surface area contributed by atoms with E-state index in [-0.39, 0.29) is 6.04 Å². The van der Waals surface area contributed by atoms with Crippen molar-refractivity contribution in [3.05, 3.63) is 41.5 Å². The lowest BCUT2D eigenvalue weighted by atomic mass is 10.1. The first kappa shape index (κ1) is 11.9. The molecule has 98 valence electrons. The minimum Gasteiger partial charge on any atom is -0.281 e. The Bertz CT molecular complexity index is 657. The Morgan fingerprint density at radius 1 is 1.26 bits per heavy atom. The summed E-state index contributed by atoms with van der Waals surface area (Å²) < 4.78 is 39.6. The second-order valence-corrected chi connectivity index (χ2v) is 4.26. The predicted octanol–water partition coefficient (Wildman–Crippen LogP) is 2.78. The van der Waals surface area contributed by atoms with Crippen LogP contribution in [0.25, 0.3) is 5.69 Å². The predicted molar refractivity (Wildman–Crippen MR) is 62.4 cm³/mol. The molecule has 0 N–H and O–H groups in total. The smallest absolute Gasteiger partial charge is 0.281 e. The molecule has 3 rings (SSSR count). The number of benzene rings is 1. The van der Waals surface area contributed by atoms with Crippen LogP contribution in [0.1, 0.15) is 29.9 Å². The Labute approximate surface area is 106 Å². The summed E-state index contributed by atoms with van der Waals surface area (Å²) >= 11 is 0. The van der Waals surface area contributed by atoms with Crippen molar-refractivity contribution in [2.75, 3.05) is 0 Å².